The van der Waals surface area contributed by atoms with Gasteiger partial charge in [-0.15, -0.1) is 0 Å². The molecule has 6 heteroatoms. The van der Waals surface area contributed by atoms with Gasteiger partial charge in [-0.05, 0) is 17.7 Å². The van der Waals surface area contributed by atoms with Crippen LogP contribution in [0.25, 0.3) is 0 Å². The van der Waals surface area contributed by atoms with Gasteiger partial charge in [-0.3, -0.25) is 19.3 Å². The van der Waals surface area contributed by atoms with Crippen LogP contribution in [0.2, 0.25) is 0 Å². The van der Waals surface area contributed by atoms with E-state index in [1.807, 2.05) is 30.3 Å². The van der Waals surface area contributed by atoms with Crippen molar-refractivity contribution < 1.29 is 19.5 Å². The number of aliphatic hydroxyl groups excluding tert-OH is 1. The van der Waals surface area contributed by atoms with Crippen molar-refractivity contribution in [1.29, 1.82) is 0 Å². The summed E-state index contributed by atoms with van der Waals surface area (Å²) in [5, 5.41) is 9.27. The Hall–Kier alpha value is -2.99. The second-order valence-electron chi connectivity index (χ2n) is 6.56. The molecule has 6 nitrogen and oxygen atoms in total. The fraction of sp³-hybridized carbons (Fsp3) is 0.250. The van der Waals surface area contributed by atoms with Gasteiger partial charge in [0.2, 0.25) is 5.91 Å². The fourth-order valence-electron chi connectivity index (χ4n) is 3.41. The highest BCUT2D eigenvalue weighted by Crippen LogP contribution is 2.29. The smallest absolute Gasteiger partial charge is 0.262 e. The van der Waals surface area contributed by atoms with E-state index in [0.29, 0.717) is 17.7 Å². The Kier molecular flexibility index (Phi) is 4.05. The summed E-state index contributed by atoms with van der Waals surface area (Å²) in [6.07, 6.45) is 0.250. The molecule has 0 aliphatic carbocycles. The molecule has 2 heterocycles. The molecule has 3 amide bonds. The van der Waals surface area contributed by atoms with Gasteiger partial charge in [0.15, 0.2) is 0 Å². The Labute approximate surface area is 150 Å². The SMILES string of the molecule is O=C(C(Cc1ccccc1)N1C(=O)c2ccccc2C1=O)N1CC1CO. The van der Waals surface area contributed by atoms with Gasteiger partial charge in [0.1, 0.15) is 6.04 Å². The van der Waals surface area contributed by atoms with Crippen LogP contribution in [0.15, 0.2) is 54.6 Å². The molecule has 2 aliphatic rings. The van der Waals surface area contributed by atoms with Gasteiger partial charge >= 0.3 is 0 Å². The molecule has 132 valence electrons. The summed E-state index contributed by atoms with van der Waals surface area (Å²) in [6, 6.07) is 14.8. The molecule has 4 rings (SSSR count). The number of fused-ring (bicyclic) bond motifs is 1. The van der Waals surface area contributed by atoms with Crippen LogP contribution in [0.3, 0.4) is 0 Å². The molecule has 1 saturated heterocycles. The lowest BCUT2D eigenvalue weighted by molar-refractivity contribution is -0.130. The predicted octanol–water partition coefficient (Wildman–Crippen LogP) is 1.10. The van der Waals surface area contributed by atoms with E-state index in [0.717, 1.165) is 10.5 Å². The monoisotopic (exact) mass is 350 g/mol. The Morgan fingerprint density at radius 1 is 1.00 bits per heavy atom. The lowest BCUT2D eigenvalue weighted by atomic mass is 10.0. The highest BCUT2D eigenvalue weighted by Gasteiger charge is 2.48. The molecule has 2 atom stereocenters. The van der Waals surface area contributed by atoms with Gasteiger partial charge in [-0.2, -0.15) is 0 Å². The molecule has 26 heavy (non-hydrogen) atoms. The van der Waals surface area contributed by atoms with Gasteiger partial charge in [-0.25, -0.2) is 0 Å². The standard InChI is InChI=1S/C20H18N2O4/c23-12-14-11-21(14)20(26)17(10-13-6-2-1-3-7-13)22-18(24)15-8-4-5-9-16(15)19(22)25/h1-9,14,17,23H,10-12H2. The fourth-order valence-corrected chi connectivity index (χ4v) is 3.41. The summed E-state index contributed by atoms with van der Waals surface area (Å²) < 4.78 is 0. The molecule has 2 aromatic carbocycles. The van der Waals surface area contributed by atoms with E-state index >= 15 is 0 Å². The van der Waals surface area contributed by atoms with Crippen LogP contribution in [0.5, 0.6) is 0 Å². The van der Waals surface area contributed by atoms with Crippen molar-refractivity contribution in [3.8, 4) is 0 Å². The number of amides is 3. The third-order valence-corrected chi connectivity index (χ3v) is 4.90. The first kappa shape index (κ1) is 16.5. The van der Waals surface area contributed by atoms with Gasteiger partial charge in [0, 0.05) is 13.0 Å². The predicted molar refractivity (Wildman–Crippen MR) is 93.5 cm³/mol. The van der Waals surface area contributed by atoms with Crippen LogP contribution < -0.4 is 0 Å². The lowest BCUT2D eigenvalue weighted by Gasteiger charge is -2.26. The first-order valence-electron chi connectivity index (χ1n) is 8.54. The lowest BCUT2D eigenvalue weighted by Crippen LogP contribution is -2.48. The van der Waals surface area contributed by atoms with E-state index in [2.05, 4.69) is 0 Å². The molecule has 0 spiro atoms. The first-order chi connectivity index (χ1) is 12.6. The van der Waals surface area contributed by atoms with Gasteiger partial charge in [-0.1, -0.05) is 42.5 Å². The van der Waals surface area contributed by atoms with Gasteiger partial charge in [0.05, 0.1) is 23.8 Å². The van der Waals surface area contributed by atoms with Crippen LogP contribution in [0.1, 0.15) is 26.3 Å². The summed E-state index contributed by atoms with van der Waals surface area (Å²) in [4.78, 5) is 41.2. The quantitative estimate of drug-likeness (QED) is 0.647. The van der Waals surface area contributed by atoms with Crippen LogP contribution in [-0.2, 0) is 11.2 Å². The topological polar surface area (TPSA) is 77.7 Å². The minimum atomic E-state index is -0.915. The second kappa shape index (κ2) is 6.38. The van der Waals surface area contributed by atoms with Crippen molar-refractivity contribution in [2.24, 2.45) is 0 Å². The highest BCUT2D eigenvalue weighted by atomic mass is 16.3. The van der Waals surface area contributed by atoms with Crippen LogP contribution in [0, 0.1) is 0 Å². The molecule has 0 saturated carbocycles. The number of benzene rings is 2. The zero-order chi connectivity index (χ0) is 18.3. The maximum absolute atomic E-state index is 13.0. The van der Waals surface area contributed by atoms with E-state index in [1.54, 1.807) is 24.3 Å². The van der Waals surface area contributed by atoms with Crippen molar-refractivity contribution in [3.05, 3.63) is 71.3 Å². The number of carbonyl (C=O) groups excluding carboxylic acids is 3. The van der Waals surface area contributed by atoms with E-state index in [-0.39, 0.29) is 25.0 Å². The molecule has 0 aromatic heterocycles. The number of nitrogens with zero attached hydrogens (tertiary/aromatic N) is 2. The molecule has 0 bridgehead atoms. The van der Waals surface area contributed by atoms with Crippen LogP contribution in [-0.4, -0.2) is 57.9 Å². The number of aliphatic hydroxyl groups is 1. The number of rotatable bonds is 5. The third kappa shape index (κ3) is 2.68. The summed E-state index contributed by atoms with van der Waals surface area (Å²) in [6.45, 7) is 0.329. The molecule has 2 aromatic rings. The van der Waals surface area contributed by atoms with Crippen LogP contribution >= 0.6 is 0 Å². The van der Waals surface area contributed by atoms with Crippen molar-refractivity contribution >= 4 is 17.7 Å². The molecule has 0 radical (unpaired) electrons. The number of imide groups is 1. The maximum atomic E-state index is 13.0. The highest BCUT2D eigenvalue weighted by molar-refractivity contribution is 6.22. The number of carbonyl (C=O) groups is 3. The zero-order valence-corrected chi connectivity index (χ0v) is 14.0. The largest absolute Gasteiger partial charge is 0.394 e. The van der Waals surface area contributed by atoms with Gasteiger partial charge in [0.25, 0.3) is 11.8 Å². The van der Waals surface area contributed by atoms with Crippen molar-refractivity contribution in [3.63, 3.8) is 0 Å². The molecule has 2 aliphatic heterocycles. The average molecular weight is 350 g/mol. The molecular formula is C20H18N2O4. The van der Waals surface area contributed by atoms with Gasteiger partial charge < -0.3 is 10.0 Å². The zero-order valence-electron chi connectivity index (χ0n) is 14.0. The summed E-state index contributed by atoms with van der Waals surface area (Å²) in [7, 11) is 0. The van der Waals surface area contributed by atoms with Crippen molar-refractivity contribution in [2.45, 2.75) is 18.5 Å². The van der Waals surface area contributed by atoms with E-state index in [9.17, 15) is 19.5 Å². The number of hydrogen-bond donors (Lipinski definition) is 1. The second-order valence-corrected chi connectivity index (χ2v) is 6.56. The Balaban J connectivity index is 1.68. The van der Waals surface area contributed by atoms with E-state index in [1.165, 1.54) is 4.90 Å². The first-order valence-corrected chi connectivity index (χ1v) is 8.54. The van der Waals surface area contributed by atoms with Crippen LogP contribution in [0.4, 0.5) is 0 Å². The summed E-state index contributed by atoms with van der Waals surface area (Å²) in [5.74, 6) is -1.19. The van der Waals surface area contributed by atoms with Crippen molar-refractivity contribution in [2.75, 3.05) is 13.2 Å². The Morgan fingerprint density at radius 3 is 2.12 bits per heavy atom. The molecule has 1 fully saturated rings. The minimum absolute atomic E-state index is 0.119. The molecule has 2 unspecified atom stereocenters. The minimum Gasteiger partial charge on any atom is -0.394 e. The molecular weight excluding hydrogens is 332 g/mol. The van der Waals surface area contributed by atoms with Crippen molar-refractivity contribution in [1.82, 2.24) is 9.80 Å². The molecule has 1 N–H and O–H groups in total. The van der Waals surface area contributed by atoms with E-state index < -0.39 is 17.9 Å². The average Bonchev–Trinajstić information content (AvgIpc) is 3.42. The normalized spacial score (nSPS) is 19.5. The summed E-state index contributed by atoms with van der Waals surface area (Å²) in [5.41, 5.74) is 1.52. The van der Waals surface area contributed by atoms with E-state index in [4.69, 9.17) is 0 Å². The third-order valence-electron chi connectivity index (χ3n) is 4.90. The summed E-state index contributed by atoms with van der Waals surface area (Å²) >= 11 is 0. The Morgan fingerprint density at radius 2 is 1.58 bits per heavy atom. The number of hydrogen-bond acceptors (Lipinski definition) is 4. The maximum Gasteiger partial charge on any atom is 0.262 e. The Bertz CT molecular complexity index is 845.